The van der Waals surface area contributed by atoms with Crippen molar-refractivity contribution < 1.29 is 14.6 Å². The number of aryl methyl sites for hydroxylation is 1. The molecular weight excluding hydrogens is 270 g/mol. The maximum atomic E-state index is 10.8. The smallest absolute Gasteiger partial charge is 0.335 e. The molecule has 0 amide bonds. The second kappa shape index (κ2) is 6.69. The topological polar surface area (TPSA) is 84.3 Å². The van der Waals surface area contributed by atoms with Gasteiger partial charge in [0, 0.05) is 18.3 Å². The summed E-state index contributed by atoms with van der Waals surface area (Å²) in [6.07, 6.45) is 0.750. The predicted octanol–water partition coefficient (Wildman–Crippen LogP) is 2.15. The Labute approximate surface area is 122 Å². The van der Waals surface area contributed by atoms with Crippen LogP contribution in [0.4, 0.5) is 5.95 Å². The van der Waals surface area contributed by atoms with Crippen LogP contribution in [0.25, 0.3) is 0 Å². The highest BCUT2D eigenvalue weighted by Gasteiger charge is 2.03. The number of nitrogens with zero attached hydrogens (tertiary/aromatic N) is 2. The van der Waals surface area contributed by atoms with E-state index in [4.69, 9.17) is 9.84 Å². The molecule has 2 aromatic rings. The molecule has 0 aliphatic rings. The van der Waals surface area contributed by atoms with Gasteiger partial charge in [0.15, 0.2) is 0 Å². The molecule has 1 aromatic carbocycles. The van der Waals surface area contributed by atoms with Gasteiger partial charge in [-0.05, 0) is 31.0 Å². The zero-order valence-corrected chi connectivity index (χ0v) is 12.0. The lowest BCUT2D eigenvalue weighted by Crippen LogP contribution is -2.09. The third-order valence-corrected chi connectivity index (χ3v) is 2.94. The summed E-state index contributed by atoms with van der Waals surface area (Å²) in [5, 5.41) is 12.0. The first-order chi connectivity index (χ1) is 10.1. The molecule has 1 heterocycles. The minimum absolute atomic E-state index is 0.290. The van der Waals surface area contributed by atoms with Gasteiger partial charge in [0.2, 0.25) is 11.8 Å². The van der Waals surface area contributed by atoms with Crippen LogP contribution >= 0.6 is 0 Å². The second-order valence-corrected chi connectivity index (χ2v) is 4.55. The summed E-state index contributed by atoms with van der Waals surface area (Å²) >= 11 is 0. The average molecular weight is 287 g/mol. The van der Waals surface area contributed by atoms with Crippen molar-refractivity contribution in [1.29, 1.82) is 0 Å². The van der Waals surface area contributed by atoms with Crippen LogP contribution in [0.1, 0.15) is 21.6 Å². The Morgan fingerprint density at radius 2 is 2.00 bits per heavy atom. The normalized spacial score (nSPS) is 10.2. The first kappa shape index (κ1) is 14.8. The number of carboxylic acids is 1. The monoisotopic (exact) mass is 287 g/mol. The first-order valence-electron chi connectivity index (χ1n) is 6.54. The van der Waals surface area contributed by atoms with Gasteiger partial charge in [0.1, 0.15) is 0 Å². The highest BCUT2D eigenvalue weighted by molar-refractivity contribution is 5.87. The maximum Gasteiger partial charge on any atom is 0.335 e. The number of nitrogens with one attached hydrogen (secondary N) is 1. The molecule has 0 unspecified atom stereocenters. The van der Waals surface area contributed by atoms with Crippen LogP contribution in [0.15, 0.2) is 30.3 Å². The Morgan fingerprint density at radius 3 is 2.62 bits per heavy atom. The highest BCUT2D eigenvalue weighted by atomic mass is 16.5. The fraction of sp³-hybridized carbons (Fsp3) is 0.267. The van der Waals surface area contributed by atoms with Crippen molar-refractivity contribution >= 4 is 11.9 Å². The summed E-state index contributed by atoms with van der Waals surface area (Å²) in [6, 6.07) is 8.58. The van der Waals surface area contributed by atoms with E-state index in [1.807, 2.05) is 19.1 Å². The largest absolute Gasteiger partial charge is 0.481 e. The average Bonchev–Trinajstić information content (AvgIpc) is 2.47. The standard InChI is InChI=1S/C15H17N3O3/c1-10-9-13(21-2)18-15(17-10)16-8-7-11-3-5-12(6-4-11)14(19)20/h3-6,9H,7-8H2,1-2H3,(H,19,20)(H,16,17,18). The molecule has 2 N–H and O–H groups in total. The van der Waals surface area contributed by atoms with Gasteiger partial charge < -0.3 is 15.2 Å². The van der Waals surface area contributed by atoms with E-state index in [0.29, 0.717) is 23.9 Å². The Morgan fingerprint density at radius 1 is 1.29 bits per heavy atom. The zero-order valence-electron chi connectivity index (χ0n) is 12.0. The van der Waals surface area contributed by atoms with E-state index in [9.17, 15) is 4.79 Å². The number of methoxy groups -OCH3 is 1. The summed E-state index contributed by atoms with van der Waals surface area (Å²) in [4.78, 5) is 19.2. The van der Waals surface area contributed by atoms with Crippen LogP contribution in [0.2, 0.25) is 0 Å². The van der Waals surface area contributed by atoms with E-state index in [1.165, 1.54) is 0 Å². The lowest BCUT2D eigenvalue weighted by Gasteiger charge is -2.07. The van der Waals surface area contributed by atoms with E-state index in [2.05, 4.69) is 15.3 Å². The Balaban J connectivity index is 1.92. The van der Waals surface area contributed by atoms with Crippen molar-refractivity contribution in [2.24, 2.45) is 0 Å². The third kappa shape index (κ3) is 4.17. The molecule has 0 aliphatic carbocycles. The van der Waals surface area contributed by atoms with Gasteiger partial charge in [-0.15, -0.1) is 0 Å². The van der Waals surface area contributed by atoms with Crippen LogP contribution in [-0.4, -0.2) is 34.7 Å². The lowest BCUT2D eigenvalue weighted by atomic mass is 10.1. The lowest BCUT2D eigenvalue weighted by molar-refractivity contribution is 0.0697. The molecule has 21 heavy (non-hydrogen) atoms. The van der Waals surface area contributed by atoms with Crippen molar-refractivity contribution in [1.82, 2.24) is 9.97 Å². The summed E-state index contributed by atoms with van der Waals surface area (Å²) in [5.41, 5.74) is 2.17. The van der Waals surface area contributed by atoms with E-state index in [0.717, 1.165) is 17.7 Å². The molecule has 0 fully saturated rings. The molecule has 0 radical (unpaired) electrons. The number of carbonyl (C=O) groups is 1. The number of benzene rings is 1. The summed E-state index contributed by atoms with van der Waals surface area (Å²) in [7, 11) is 1.57. The molecule has 110 valence electrons. The van der Waals surface area contributed by atoms with Gasteiger partial charge in [-0.1, -0.05) is 12.1 Å². The Hall–Kier alpha value is -2.63. The summed E-state index contributed by atoms with van der Waals surface area (Å²) < 4.78 is 5.09. The van der Waals surface area contributed by atoms with Gasteiger partial charge in [0.05, 0.1) is 12.7 Å². The summed E-state index contributed by atoms with van der Waals surface area (Å²) in [6.45, 7) is 2.53. The number of aromatic nitrogens is 2. The zero-order chi connectivity index (χ0) is 15.2. The first-order valence-corrected chi connectivity index (χ1v) is 6.54. The van der Waals surface area contributed by atoms with Crippen LogP contribution in [-0.2, 0) is 6.42 Å². The molecule has 0 bridgehead atoms. The predicted molar refractivity (Wildman–Crippen MR) is 78.9 cm³/mol. The molecule has 6 nitrogen and oxygen atoms in total. The van der Waals surface area contributed by atoms with Gasteiger partial charge in [0.25, 0.3) is 0 Å². The minimum atomic E-state index is -0.917. The van der Waals surface area contributed by atoms with E-state index >= 15 is 0 Å². The molecule has 1 aromatic heterocycles. The van der Waals surface area contributed by atoms with Gasteiger partial charge >= 0.3 is 5.97 Å². The quantitative estimate of drug-likeness (QED) is 0.847. The maximum absolute atomic E-state index is 10.8. The third-order valence-electron chi connectivity index (χ3n) is 2.94. The van der Waals surface area contributed by atoms with Crippen LogP contribution in [0.3, 0.4) is 0 Å². The van der Waals surface area contributed by atoms with E-state index in [-0.39, 0.29) is 0 Å². The molecule has 0 spiro atoms. The number of ether oxygens (including phenoxy) is 1. The number of aromatic carboxylic acids is 1. The van der Waals surface area contributed by atoms with E-state index in [1.54, 1.807) is 25.3 Å². The fourth-order valence-corrected chi connectivity index (χ4v) is 1.86. The van der Waals surface area contributed by atoms with Gasteiger partial charge in [-0.3, -0.25) is 0 Å². The number of hydrogen-bond acceptors (Lipinski definition) is 5. The molecule has 2 rings (SSSR count). The molecule has 0 saturated heterocycles. The number of rotatable bonds is 6. The Kier molecular flexibility index (Phi) is 4.71. The van der Waals surface area contributed by atoms with Crippen LogP contribution < -0.4 is 10.1 Å². The number of anilines is 1. The number of carboxylic acid groups (broad SMARTS) is 1. The molecule has 0 aliphatic heterocycles. The van der Waals surface area contributed by atoms with Gasteiger partial charge in [-0.25, -0.2) is 9.78 Å². The molecular formula is C15H17N3O3. The molecule has 0 atom stereocenters. The fourth-order valence-electron chi connectivity index (χ4n) is 1.86. The van der Waals surface area contributed by atoms with Crippen molar-refractivity contribution in [3.63, 3.8) is 0 Å². The SMILES string of the molecule is COc1cc(C)nc(NCCc2ccc(C(=O)O)cc2)n1. The Bertz CT molecular complexity index is 627. The number of hydrogen-bond donors (Lipinski definition) is 2. The molecule has 6 heteroatoms. The van der Waals surface area contributed by atoms with Crippen molar-refractivity contribution in [2.75, 3.05) is 19.0 Å². The summed E-state index contributed by atoms with van der Waals surface area (Å²) in [5.74, 6) is 0.129. The van der Waals surface area contributed by atoms with Crippen LogP contribution in [0, 0.1) is 6.92 Å². The van der Waals surface area contributed by atoms with Crippen molar-refractivity contribution in [3.8, 4) is 5.88 Å². The molecule has 0 saturated carbocycles. The van der Waals surface area contributed by atoms with Gasteiger partial charge in [-0.2, -0.15) is 4.98 Å². The van der Waals surface area contributed by atoms with Crippen molar-refractivity contribution in [3.05, 3.63) is 47.2 Å². The minimum Gasteiger partial charge on any atom is -0.481 e. The highest BCUT2D eigenvalue weighted by Crippen LogP contribution is 2.11. The van der Waals surface area contributed by atoms with E-state index < -0.39 is 5.97 Å². The second-order valence-electron chi connectivity index (χ2n) is 4.55. The van der Waals surface area contributed by atoms with Crippen LogP contribution in [0.5, 0.6) is 5.88 Å². The van der Waals surface area contributed by atoms with Crippen molar-refractivity contribution in [2.45, 2.75) is 13.3 Å².